The van der Waals surface area contributed by atoms with Crippen molar-refractivity contribution in [3.05, 3.63) is 30.1 Å². The molecule has 1 heterocycles. The summed E-state index contributed by atoms with van der Waals surface area (Å²) in [7, 11) is 0. The van der Waals surface area contributed by atoms with Gasteiger partial charge in [0.1, 0.15) is 24.3 Å². The first kappa shape index (κ1) is 14.7. The summed E-state index contributed by atoms with van der Waals surface area (Å²) >= 11 is 0. The minimum Gasteiger partial charge on any atom is -0.491 e. The van der Waals surface area contributed by atoms with E-state index >= 15 is 0 Å². The molecule has 2 atom stereocenters. The molecule has 1 saturated heterocycles. The second kappa shape index (κ2) is 7.21. The maximum atomic E-state index is 12.7. The fourth-order valence-corrected chi connectivity index (χ4v) is 1.99. The molecule has 1 aromatic carbocycles. The normalized spacial score (nSPS) is 20.3. The summed E-state index contributed by atoms with van der Waals surface area (Å²) in [5, 5.41) is 15.8. The van der Waals surface area contributed by atoms with Gasteiger partial charge >= 0.3 is 0 Å². The van der Waals surface area contributed by atoms with Gasteiger partial charge < -0.3 is 20.5 Å². The van der Waals surface area contributed by atoms with Gasteiger partial charge in [-0.2, -0.15) is 0 Å². The van der Waals surface area contributed by atoms with E-state index in [1.165, 1.54) is 24.3 Å². The van der Waals surface area contributed by atoms with Crippen molar-refractivity contribution in [2.24, 2.45) is 0 Å². The highest BCUT2D eigenvalue weighted by Crippen LogP contribution is 2.11. The molecule has 6 heteroatoms. The predicted octanol–water partition coefficient (Wildman–Crippen LogP) is 0.434. The Labute approximate surface area is 117 Å². The van der Waals surface area contributed by atoms with Crippen molar-refractivity contribution in [2.75, 3.05) is 19.7 Å². The number of aliphatic hydroxyl groups is 1. The average molecular weight is 282 g/mol. The van der Waals surface area contributed by atoms with Gasteiger partial charge in [-0.3, -0.25) is 4.79 Å². The van der Waals surface area contributed by atoms with E-state index in [0.717, 1.165) is 6.42 Å². The number of hydrogen-bond acceptors (Lipinski definition) is 4. The lowest BCUT2D eigenvalue weighted by Crippen LogP contribution is -2.48. The summed E-state index contributed by atoms with van der Waals surface area (Å²) in [6, 6.07) is 5.85. The largest absolute Gasteiger partial charge is 0.491 e. The Balaban J connectivity index is 1.64. The maximum absolute atomic E-state index is 12.7. The van der Waals surface area contributed by atoms with Crippen molar-refractivity contribution >= 4 is 5.91 Å². The summed E-state index contributed by atoms with van der Waals surface area (Å²) in [4.78, 5) is 11.0. The first-order chi connectivity index (χ1) is 9.63. The number of nitrogens with one attached hydrogen (secondary N) is 2. The Morgan fingerprint density at radius 1 is 1.45 bits per heavy atom. The quantitative estimate of drug-likeness (QED) is 0.708. The van der Waals surface area contributed by atoms with Gasteiger partial charge in [0.25, 0.3) is 0 Å². The fraction of sp³-hybridized carbons (Fsp3) is 0.500. The molecule has 0 radical (unpaired) electrons. The first-order valence-corrected chi connectivity index (χ1v) is 6.70. The summed E-state index contributed by atoms with van der Waals surface area (Å²) < 4.78 is 18.0. The number of benzene rings is 1. The Hall–Kier alpha value is -1.66. The number of rotatable bonds is 6. The molecule has 2 rings (SSSR count). The van der Waals surface area contributed by atoms with E-state index in [1.54, 1.807) is 0 Å². The van der Waals surface area contributed by atoms with Crippen molar-refractivity contribution in [3.63, 3.8) is 0 Å². The number of halogens is 1. The van der Waals surface area contributed by atoms with Gasteiger partial charge in [-0.1, -0.05) is 0 Å². The highest BCUT2D eigenvalue weighted by atomic mass is 19.1. The Morgan fingerprint density at radius 2 is 2.20 bits per heavy atom. The van der Waals surface area contributed by atoms with E-state index in [1.807, 2.05) is 0 Å². The third-order valence-corrected chi connectivity index (χ3v) is 3.16. The van der Waals surface area contributed by atoms with E-state index in [9.17, 15) is 14.3 Å². The molecule has 3 N–H and O–H groups in total. The van der Waals surface area contributed by atoms with Crippen LogP contribution < -0.4 is 15.4 Å². The molecular weight excluding hydrogens is 263 g/mol. The second-order valence-electron chi connectivity index (χ2n) is 4.87. The van der Waals surface area contributed by atoms with Gasteiger partial charge in [-0.05, 0) is 30.7 Å². The standard InChI is InChI=1S/C14H19FN2O3/c15-10-1-4-13(5-2-10)20-9-12(18)8-16-11-3-6-14(19)17-7-11/h1-2,4-5,11-12,16,18H,3,6-9H2,(H,17,19). The number of ether oxygens (including phenoxy) is 1. The van der Waals surface area contributed by atoms with E-state index in [2.05, 4.69) is 10.6 Å². The number of aliphatic hydroxyl groups excluding tert-OH is 1. The molecule has 1 fully saturated rings. The van der Waals surface area contributed by atoms with Gasteiger partial charge in [0.05, 0.1) is 0 Å². The van der Waals surface area contributed by atoms with Crippen LogP contribution in [0.2, 0.25) is 0 Å². The molecule has 110 valence electrons. The molecule has 2 unspecified atom stereocenters. The SMILES string of the molecule is O=C1CCC(NCC(O)COc2ccc(F)cc2)CN1. The Kier molecular flexibility index (Phi) is 5.31. The minimum absolute atomic E-state index is 0.0724. The highest BCUT2D eigenvalue weighted by Gasteiger charge is 2.18. The van der Waals surface area contributed by atoms with Crippen molar-refractivity contribution < 1.29 is 19.0 Å². The minimum atomic E-state index is -0.655. The number of piperidine rings is 1. The first-order valence-electron chi connectivity index (χ1n) is 6.70. The van der Waals surface area contributed by atoms with E-state index in [0.29, 0.717) is 25.3 Å². The van der Waals surface area contributed by atoms with Crippen LogP contribution in [0.5, 0.6) is 5.75 Å². The highest BCUT2D eigenvalue weighted by molar-refractivity contribution is 5.76. The van der Waals surface area contributed by atoms with Crippen LogP contribution in [0, 0.1) is 5.82 Å². The topological polar surface area (TPSA) is 70.6 Å². The lowest BCUT2D eigenvalue weighted by molar-refractivity contribution is -0.122. The lowest BCUT2D eigenvalue weighted by atomic mass is 10.1. The van der Waals surface area contributed by atoms with Gasteiger partial charge in [0, 0.05) is 25.6 Å². The van der Waals surface area contributed by atoms with Crippen LogP contribution in [0.25, 0.3) is 0 Å². The number of amides is 1. The van der Waals surface area contributed by atoms with Crippen molar-refractivity contribution in [2.45, 2.75) is 25.0 Å². The van der Waals surface area contributed by atoms with Crippen LogP contribution >= 0.6 is 0 Å². The molecule has 5 nitrogen and oxygen atoms in total. The molecule has 0 bridgehead atoms. The van der Waals surface area contributed by atoms with Crippen molar-refractivity contribution in [1.29, 1.82) is 0 Å². The molecule has 0 aliphatic carbocycles. The summed E-state index contributed by atoms with van der Waals surface area (Å²) in [6.07, 6.45) is 0.634. The van der Waals surface area contributed by atoms with Gasteiger partial charge in [0.15, 0.2) is 0 Å². The lowest BCUT2D eigenvalue weighted by Gasteiger charge is -2.24. The van der Waals surface area contributed by atoms with E-state index in [-0.39, 0.29) is 24.4 Å². The number of carbonyl (C=O) groups is 1. The van der Waals surface area contributed by atoms with Crippen LogP contribution in [0.3, 0.4) is 0 Å². The molecular formula is C14H19FN2O3. The fourth-order valence-electron chi connectivity index (χ4n) is 1.99. The summed E-state index contributed by atoms with van der Waals surface area (Å²) in [6.45, 7) is 1.11. The molecule has 0 aromatic heterocycles. The Morgan fingerprint density at radius 3 is 2.85 bits per heavy atom. The van der Waals surface area contributed by atoms with Crippen LogP contribution in [-0.4, -0.2) is 42.9 Å². The summed E-state index contributed by atoms with van der Waals surface area (Å²) in [5.41, 5.74) is 0. The third kappa shape index (κ3) is 4.79. The van der Waals surface area contributed by atoms with Gasteiger partial charge in [-0.25, -0.2) is 4.39 Å². The van der Waals surface area contributed by atoms with Crippen molar-refractivity contribution in [1.82, 2.24) is 10.6 Å². The maximum Gasteiger partial charge on any atom is 0.220 e. The average Bonchev–Trinajstić information content (AvgIpc) is 2.46. The molecule has 20 heavy (non-hydrogen) atoms. The predicted molar refractivity (Wildman–Crippen MR) is 71.9 cm³/mol. The monoisotopic (exact) mass is 282 g/mol. The van der Waals surface area contributed by atoms with Crippen LogP contribution in [0.1, 0.15) is 12.8 Å². The number of hydrogen-bond donors (Lipinski definition) is 3. The molecule has 1 amide bonds. The van der Waals surface area contributed by atoms with E-state index < -0.39 is 6.10 Å². The van der Waals surface area contributed by atoms with Crippen molar-refractivity contribution in [3.8, 4) is 5.75 Å². The zero-order valence-corrected chi connectivity index (χ0v) is 11.1. The molecule has 1 aliphatic heterocycles. The molecule has 0 saturated carbocycles. The molecule has 0 spiro atoms. The van der Waals surface area contributed by atoms with Crippen LogP contribution in [0.15, 0.2) is 24.3 Å². The molecule has 1 aliphatic rings. The van der Waals surface area contributed by atoms with Crippen LogP contribution in [0.4, 0.5) is 4.39 Å². The smallest absolute Gasteiger partial charge is 0.220 e. The zero-order valence-electron chi connectivity index (χ0n) is 11.1. The second-order valence-corrected chi connectivity index (χ2v) is 4.87. The zero-order chi connectivity index (χ0) is 14.4. The summed E-state index contributed by atoms with van der Waals surface area (Å²) in [5.74, 6) is 0.275. The Bertz CT molecular complexity index is 429. The third-order valence-electron chi connectivity index (χ3n) is 3.16. The van der Waals surface area contributed by atoms with Gasteiger partial charge in [0.2, 0.25) is 5.91 Å². The van der Waals surface area contributed by atoms with E-state index in [4.69, 9.17) is 4.74 Å². The number of carbonyl (C=O) groups excluding carboxylic acids is 1. The van der Waals surface area contributed by atoms with Crippen LogP contribution in [-0.2, 0) is 4.79 Å². The van der Waals surface area contributed by atoms with Gasteiger partial charge in [-0.15, -0.1) is 0 Å². The molecule has 1 aromatic rings.